The number of nitrogens with zero attached hydrogens (tertiary/aromatic N) is 1. The molecule has 150 valence electrons. The van der Waals surface area contributed by atoms with E-state index in [1.165, 1.54) is 11.0 Å². The predicted molar refractivity (Wildman–Crippen MR) is 97.3 cm³/mol. The van der Waals surface area contributed by atoms with Crippen LogP contribution in [-0.2, 0) is 11.2 Å². The Morgan fingerprint density at radius 3 is 2.59 bits per heavy atom. The Kier molecular flexibility index (Phi) is 7.07. The number of benzene rings is 1. The quantitative estimate of drug-likeness (QED) is 0.709. The summed E-state index contributed by atoms with van der Waals surface area (Å²) in [6.45, 7) is 1.08. The normalized spacial score (nSPS) is 18.7. The third-order valence-electron chi connectivity index (χ3n) is 4.69. The third-order valence-corrected chi connectivity index (χ3v) is 4.69. The van der Waals surface area contributed by atoms with Crippen LogP contribution in [0.1, 0.15) is 22.3 Å². The van der Waals surface area contributed by atoms with E-state index in [0.29, 0.717) is 50.3 Å². The zero-order valence-corrected chi connectivity index (χ0v) is 15.4. The lowest BCUT2D eigenvalue weighted by Gasteiger charge is -2.35. The molecular weight excluding hydrogens is 385 g/mol. The molecule has 2 aliphatic heterocycles. The van der Waals surface area contributed by atoms with Crippen molar-refractivity contribution in [2.24, 2.45) is 0 Å². The molecule has 1 unspecified atom stereocenters. The maximum absolute atomic E-state index is 13.4. The van der Waals surface area contributed by atoms with E-state index in [2.05, 4.69) is 16.0 Å². The summed E-state index contributed by atoms with van der Waals surface area (Å²) in [5.41, 5.74) is 1.75. The van der Waals surface area contributed by atoms with E-state index >= 15 is 0 Å². The van der Waals surface area contributed by atoms with Crippen LogP contribution >= 0.6 is 12.4 Å². The highest BCUT2D eigenvalue weighted by atomic mass is 35.5. The van der Waals surface area contributed by atoms with Gasteiger partial charge in [0, 0.05) is 50.4 Å². The zero-order chi connectivity index (χ0) is 18.7. The van der Waals surface area contributed by atoms with E-state index in [-0.39, 0.29) is 18.3 Å². The Balaban J connectivity index is 0.00000261. The van der Waals surface area contributed by atoms with Crippen molar-refractivity contribution in [3.8, 4) is 0 Å². The van der Waals surface area contributed by atoms with Crippen molar-refractivity contribution in [1.82, 2.24) is 15.5 Å². The van der Waals surface area contributed by atoms with E-state index in [1.807, 2.05) is 0 Å². The highest BCUT2D eigenvalue weighted by molar-refractivity contribution is 5.97. The summed E-state index contributed by atoms with van der Waals surface area (Å²) in [5.74, 6) is -0.632. The second-order valence-electron chi connectivity index (χ2n) is 6.47. The first kappa shape index (κ1) is 21.5. The Bertz CT molecular complexity index is 693. The number of carbonyl (C=O) groups is 2. The van der Waals surface area contributed by atoms with Gasteiger partial charge in [0.1, 0.15) is 6.04 Å². The number of anilines is 1. The van der Waals surface area contributed by atoms with Crippen molar-refractivity contribution < 1.29 is 22.8 Å². The van der Waals surface area contributed by atoms with Crippen LogP contribution in [0.5, 0.6) is 0 Å². The number of hydrogen-bond acceptors (Lipinski definition) is 4. The number of piperazine rings is 1. The lowest BCUT2D eigenvalue weighted by Crippen LogP contribution is -2.57. The van der Waals surface area contributed by atoms with Crippen molar-refractivity contribution in [3.63, 3.8) is 0 Å². The number of alkyl halides is 3. The van der Waals surface area contributed by atoms with Gasteiger partial charge in [-0.25, -0.2) is 0 Å². The van der Waals surface area contributed by atoms with Crippen molar-refractivity contribution in [2.45, 2.75) is 25.1 Å². The second-order valence-corrected chi connectivity index (χ2v) is 6.47. The minimum atomic E-state index is -4.41. The van der Waals surface area contributed by atoms with Crippen LogP contribution in [0.15, 0.2) is 18.2 Å². The molecule has 3 N–H and O–H groups in total. The summed E-state index contributed by atoms with van der Waals surface area (Å²) in [6.07, 6.45) is -3.57. The van der Waals surface area contributed by atoms with Crippen LogP contribution in [0.4, 0.5) is 18.9 Å². The highest BCUT2D eigenvalue weighted by Gasteiger charge is 2.43. The molecule has 0 saturated carbocycles. The van der Waals surface area contributed by atoms with Crippen LogP contribution in [0.3, 0.4) is 0 Å². The number of rotatable bonds is 4. The molecule has 1 saturated heterocycles. The smallest absolute Gasteiger partial charge is 0.350 e. The monoisotopic (exact) mass is 406 g/mol. The first-order valence-electron chi connectivity index (χ1n) is 8.57. The molecule has 27 heavy (non-hydrogen) atoms. The van der Waals surface area contributed by atoms with Crippen molar-refractivity contribution >= 4 is 29.9 Å². The van der Waals surface area contributed by atoms with Crippen LogP contribution < -0.4 is 16.0 Å². The zero-order valence-electron chi connectivity index (χ0n) is 14.6. The van der Waals surface area contributed by atoms with E-state index < -0.39 is 24.7 Å². The fourth-order valence-corrected chi connectivity index (χ4v) is 3.26. The Labute approximate surface area is 161 Å². The minimum absolute atomic E-state index is 0. The molecule has 0 bridgehead atoms. The van der Waals surface area contributed by atoms with Crippen LogP contribution in [0.2, 0.25) is 0 Å². The van der Waals surface area contributed by atoms with Crippen LogP contribution in [-0.4, -0.2) is 61.7 Å². The molecule has 2 heterocycles. The number of hydrogen-bond donors (Lipinski definition) is 3. The lowest BCUT2D eigenvalue weighted by atomic mass is 10.00. The van der Waals surface area contributed by atoms with Crippen LogP contribution in [0, 0.1) is 0 Å². The molecule has 0 aromatic heterocycles. The largest absolute Gasteiger partial charge is 0.405 e. The number of amides is 2. The lowest BCUT2D eigenvalue weighted by molar-refractivity contribution is -0.183. The fraction of sp³-hybridized carbons (Fsp3) is 0.529. The van der Waals surface area contributed by atoms with Crippen molar-refractivity contribution in [2.75, 3.05) is 38.0 Å². The SMILES string of the molecule is Cl.O=C1CCc2cc(C(=O)NCC(N3CCNCC3)C(F)(F)F)ccc2N1. The molecule has 2 aliphatic rings. The van der Waals surface area contributed by atoms with Gasteiger partial charge in [-0.15, -0.1) is 12.4 Å². The maximum atomic E-state index is 13.4. The molecule has 1 aromatic carbocycles. The highest BCUT2D eigenvalue weighted by Crippen LogP contribution is 2.26. The molecular formula is C17H22ClF3N4O2. The summed E-state index contributed by atoms with van der Waals surface area (Å²) in [7, 11) is 0. The molecule has 6 nitrogen and oxygen atoms in total. The molecule has 10 heteroatoms. The average molecular weight is 407 g/mol. The molecule has 1 fully saturated rings. The summed E-state index contributed by atoms with van der Waals surface area (Å²) in [4.78, 5) is 25.0. The van der Waals surface area contributed by atoms with Gasteiger partial charge in [0.25, 0.3) is 5.91 Å². The molecule has 1 aromatic rings. The Morgan fingerprint density at radius 2 is 1.93 bits per heavy atom. The van der Waals surface area contributed by atoms with Gasteiger partial charge in [0.05, 0.1) is 0 Å². The molecule has 0 radical (unpaired) electrons. The number of carbonyl (C=O) groups excluding carboxylic acids is 2. The van der Waals surface area contributed by atoms with E-state index in [9.17, 15) is 22.8 Å². The van der Waals surface area contributed by atoms with Gasteiger partial charge >= 0.3 is 6.18 Å². The number of halogens is 4. The number of fused-ring (bicyclic) bond motifs is 1. The van der Waals surface area contributed by atoms with E-state index in [0.717, 1.165) is 5.56 Å². The molecule has 3 rings (SSSR count). The molecule has 1 atom stereocenters. The van der Waals surface area contributed by atoms with Gasteiger partial charge < -0.3 is 16.0 Å². The topological polar surface area (TPSA) is 73.5 Å². The van der Waals surface area contributed by atoms with Gasteiger partial charge in [0.15, 0.2) is 0 Å². The standard InChI is InChI=1S/C17H21F3N4O2.ClH/c18-17(19,20)14(24-7-5-21-6-8-24)10-22-16(26)12-1-3-13-11(9-12)2-4-15(25)23-13;/h1,3,9,14,21H,2,4-8,10H2,(H,22,26)(H,23,25);1H. The van der Waals surface area contributed by atoms with Gasteiger partial charge in [-0.2, -0.15) is 13.2 Å². The third kappa shape index (κ3) is 5.33. The van der Waals surface area contributed by atoms with Gasteiger partial charge in [-0.3, -0.25) is 14.5 Å². The molecule has 0 aliphatic carbocycles. The molecule has 2 amide bonds. The Hall–Kier alpha value is -1.84. The first-order valence-corrected chi connectivity index (χ1v) is 8.57. The predicted octanol–water partition coefficient (Wildman–Crippen LogP) is 1.56. The summed E-state index contributed by atoms with van der Waals surface area (Å²) in [5, 5.41) is 8.13. The Morgan fingerprint density at radius 1 is 1.22 bits per heavy atom. The number of aryl methyl sites for hydroxylation is 1. The van der Waals surface area contributed by atoms with Crippen molar-refractivity contribution in [3.05, 3.63) is 29.3 Å². The fourth-order valence-electron chi connectivity index (χ4n) is 3.26. The summed E-state index contributed by atoms with van der Waals surface area (Å²) >= 11 is 0. The van der Waals surface area contributed by atoms with Gasteiger partial charge in [-0.1, -0.05) is 0 Å². The minimum Gasteiger partial charge on any atom is -0.350 e. The van der Waals surface area contributed by atoms with Crippen molar-refractivity contribution in [1.29, 1.82) is 0 Å². The summed E-state index contributed by atoms with van der Waals surface area (Å²) < 4.78 is 40.1. The van der Waals surface area contributed by atoms with E-state index in [1.54, 1.807) is 12.1 Å². The van der Waals surface area contributed by atoms with E-state index in [4.69, 9.17) is 0 Å². The second kappa shape index (κ2) is 8.90. The molecule has 0 spiro atoms. The van der Waals surface area contributed by atoms with Crippen LogP contribution in [0.25, 0.3) is 0 Å². The first-order chi connectivity index (χ1) is 12.3. The summed E-state index contributed by atoms with van der Waals surface area (Å²) in [6, 6.07) is 3.04. The van der Waals surface area contributed by atoms with Gasteiger partial charge in [-0.05, 0) is 30.2 Å². The van der Waals surface area contributed by atoms with Gasteiger partial charge in [0.2, 0.25) is 5.91 Å². The number of nitrogens with one attached hydrogen (secondary N) is 3. The maximum Gasteiger partial charge on any atom is 0.405 e. The average Bonchev–Trinajstić information content (AvgIpc) is 2.61.